The lowest BCUT2D eigenvalue weighted by Gasteiger charge is -2.19. The van der Waals surface area contributed by atoms with Crippen LogP contribution in [0, 0.1) is 0 Å². The topological polar surface area (TPSA) is 57.7 Å². The predicted octanol–water partition coefficient (Wildman–Crippen LogP) is 2.36. The van der Waals surface area contributed by atoms with Gasteiger partial charge in [0.2, 0.25) is 10.0 Å². The van der Waals surface area contributed by atoms with E-state index in [2.05, 4.69) is 0 Å². The van der Waals surface area contributed by atoms with Crippen molar-refractivity contribution in [2.75, 3.05) is 29.6 Å². The van der Waals surface area contributed by atoms with Gasteiger partial charge < -0.3 is 4.90 Å². The van der Waals surface area contributed by atoms with Gasteiger partial charge in [-0.1, -0.05) is 18.2 Å². The van der Waals surface area contributed by atoms with E-state index in [9.17, 15) is 13.2 Å². The first-order valence-electron chi connectivity index (χ1n) is 6.68. The van der Waals surface area contributed by atoms with E-state index in [0.717, 1.165) is 11.9 Å². The molecule has 0 spiro atoms. The molecular formula is C16H18N2O3S. The quantitative estimate of drug-likeness (QED) is 0.869. The zero-order valence-corrected chi connectivity index (χ0v) is 13.5. The molecule has 0 aliphatic carbocycles. The monoisotopic (exact) mass is 318 g/mol. The second-order valence-corrected chi connectivity index (χ2v) is 6.99. The molecule has 2 aromatic rings. The molecule has 0 unspecified atom stereocenters. The van der Waals surface area contributed by atoms with Crippen molar-refractivity contribution in [3.05, 3.63) is 60.2 Å². The summed E-state index contributed by atoms with van der Waals surface area (Å²) in [6, 6.07) is 15.8. The lowest BCUT2D eigenvalue weighted by Crippen LogP contribution is -2.27. The zero-order valence-electron chi connectivity index (χ0n) is 12.7. The summed E-state index contributed by atoms with van der Waals surface area (Å²) in [5.74, 6) is -0.153. The number of anilines is 2. The molecule has 116 valence electrons. The van der Waals surface area contributed by atoms with Gasteiger partial charge in [0.1, 0.15) is 0 Å². The van der Waals surface area contributed by atoms with Crippen LogP contribution >= 0.6 is 0 Å². The molecule has 0 fully saturated rings. The van der Waals surface area contributed by atoms with Crippen LogP contribution in [0.15, 0.2) is 54.6 Å². The van der Waals surface area contributed by atoms with E-state index < -0.39 is 10.0 Å². The number of nitrogens with zero attached hydrogens (tertiary/aromatic N) is 2. The highest BCUT2D eigenvalue weighted by Crippen LogP contribution is 2.19. The molecule has 0 atom stereocenters. The van der Waals surface area contributed by atoms with Gasteiger partial charge in [0.05, 0.1) is 11.9 Å². The van der Waals surface area contributed by atoms with Crippen LogP contribution in [0.4, 0.5) is 11.4 Å². The fourth-order valence-corrected chi connectivity index (χ4v) is 2.47. The molecule has 0 aliphatic rings. The number of para-hydroxylation sites is 1. The lowest BCUT2D eigenvalue weighted by molar-refractivity contribution is 0.0993. The number of benzene rings is 2. The van der Waals surface area contributed by atoms with E-state index in [1.807, 2.05) is 30.3 Å². The van der Waals surface area contributed by atoms with Crippen molar-refractivity contribution >= 4 is 27.3 Å². The first-order valence-corrected chi connectivity index (χ1v) is 8.52. The fourth-order valence-electron chi connectivity index (χ4n) is 1.97. The molecular weight excluding hydrogens is 300 g/mol. The Morgan fingerprint density at radius 3 is 1.91 bits per heavy atom. The van der Waals surface area contributed by atoms with E-state index in [-0.39, 0.29) is 5.91 Å². The Hall–Kier alpha value is -2.34. The zero-order chi connectivity index (χ0) is 16.3. The van der Waals surface area contributed by atoms with E-state index >= 15 is 0 Å². The minimum Gasteiger partial charge on any atom is -0.311 e. The van der Waals surface area contributed by atoms with Crippen LogP contribution in [0.3, 0.4) is 0 Å². The van der Waals surface area contributed by atoms with Gasteiger partial charge >= 0.3 is 0 Å². The smallest absolute Gasteiger partial charge is 0.258 e. The molecule has 0 saturated carbocycles. The number of hydrogen-bond donors (Lipinski definition) is 0. The highest BCUT2D eigenvalue weighted by molar-refractivity contribution is 7.92. The maximum Gasteiger partial charge on any atom is 0.258 e. The molecule has 0 heterocycles. The summed E-state index contributed by atoms with van der Waals surface area (Å²) in [5, 5.41) is 0. The van der Waals surface area contributed by atoms with Crippen molar-refractivity contribution in [3.63, 3.8) is 0 Å². The summed E-state index contributed by atoms with van der Waals surface area (Å²) < 4.78 is 24.2. The van der Waals surface area contributed by atoms with Gasteiger partial charge in [-0.3, -0.25) is 9.10 Å². The third-order valence-corrected chi connectivity index (χ3v) is 4.63. The highest BCUT2D eigenvalue weighted by atomic mass is 32.2. The van der Waals surface area contributed by atoms with Crippen molar-refractivity contribution < 1.29 is 13.2 Å². The molecule has 5 nitrogen and oxygen atoms in total. The second kappa shape index (κ2) is 6.19. The van der Waals surface area contributed by atoms with Crippen molar-refractivity contribution in [1.29, 1.82) is 0 Å². The molecule has 22 heavy (non-hydrogen) atoms. The maximum absolute atomic E-state index is 12.4. The van der Waals surface area contributed by atoms with Gasteiger partial charge in [0.25, 0.3) is 5.91 Å². The van der Waals surface area contributed by atoms with Crippen molar-refractivity contribution in [1.82, 2.24) is 0 Å². The second-order valence-electron chi connectivity index (χ2n) is 4.98. The molecule has 6 heteroatoms. The molecule has 0 radical (unpaired) electrons. The van der Waals surface area contributed by atoms with Crippen LogP contribution in [0.2, 0.25) is 0 Å². The summed E-state index contributed by atoms with van der Waals surface area (Å²) in [7, 11) is -0.133. The predicted molar refractivity (Wildman–Crippen MR) is 88.9 cm³/mol. The number of sulfonamides is 1. The standard InChI is InChI=1S/C16H18N2O3S/c1-17(14-7-5-4-6-8-14)16(19)13-9-11-15(12-10-13)18(2)22(3,20)21/h4-12H,1-3H3. The number of hydrogen-bond acceptors (Lipinski definition) is 3. The molecule has 0 aromatic heterocycles. The molecule has 2 aromatic carbocycles. The third-order valence-electron chi connectivity index (χ3n) is 3.42. The maximum atomic E-state index is 12.4. The number of carbonyl (C=O) groups excluding carboxylic acids is 1. The molecule has 1 amide bonds. The van der Waals surface area contributed by atoms with Crippen molar-refractivity contribution in [2.45, 2.75) is 0 Å². The van der Waals surface area contributed by atoms with Crippen LogP contribution in [0.5, 0.6) is 0 Å². The molecule has 0 bridgehead atoms. The van der Waals surface area contributed by atoms with E-state index in [1.54, 1.807) is 36.2 Å². The van der Waals surface area contributed by atoms with E-state index in [0.29, 0.717) is 11.3 Å². The average Bonchev–Trinajstić information content (AvgIpc) is 2.53. The van der Waals surface area contributed by atoms with Crippen LogP contribution in [-0.2, 0) is 10.0 Å². The van der Waals surface area contributed by atoms with E-state index in [4.69, 9.17) is 0 Å². The summed E-state index contributed by atoms with van der Waals surface area (Å²) in [4.78, 5) is 14.0. The molecule has 0 aliphatic heterocycles. The van der Waals surface area contributed by atoms with Gasteiger partial charge in [-0.05, 0) is 36.4 Å². The van der Waals surface area contributed by atoms with Crippen LogP contribution in [-0.4, -0.2) is 34.7 Å². The molecule has 0 N–H and O–H groups in total. The Balaban J connectivity index is 2.22. The van der Waals surface area contributed by atoms with Crippen molar-refractivity contribution in [3.8, 4) is 0 Å². The Labute approximate surface area is 130 Å². The number of carbonyl (C=O) groups is 1. The Bertz CT molecular complexity index is 756. The number of amides is 1. The van der Waals surface area contributed by atoms with Crippen LogP contribution < -0.4 is 9.21 Å². The highest BCUT2D eigenvalue weighted by Gasteiger charge is 2.15. The van der Waals surface area contributed by atoms with Crippen LogP contribution in [0.1, 0.15) is 10.4 Å². The summed E-state index contributed by atoms with van der Waals surface area (Å²) >= 11 is 0. The SMILES string of the molecule is CN(C(=O)c1ccc(N(C)S(C)(=O)=O)cc1)c1ccccc1. The summed E-state index contributed by atoms with van der Waals surface area (Å²) in [6.45, 7) is 0. The molecule has 2 rings (SSSR count). The van der Waals surface area contributed by atoms with Gasteiger partial charge in [0.15, 0.2) is 0 Å². The van der Waals surface area contributed by atoms with Crippen LogP contribution in [0.25, 0.3) is 0 Å². The van der Waals surface area contributed by atoms with Gasteiger partial charge in [-0.2, -0.15) is 0 Å². The largest absolute Gasteiger partial charge is 0.311 e. The van der Waals surface area contributed by atoms with Crippen molar-refractivity contribution in [2.24, 2.45) is 0 Å². The normalized spacial score (nSPS) is 11.0. The first-order chi connectivity index (χ1) is 10.3. The lowest BCUT2D eigenvalue weighted by atomic mass is 10.1. The van der Waals surface area contributed by atoms with E-state index in [1.165, 1.54) is 11.4 Å². The minimum absolute atomic E-state index is 0.153. The first kappa shape index (κ1) is 16.0. The Kier molecular flexibility index (Phi) is 4.51. The number of rotatable bonds is 4. The Morgan fingerprint density at radius 2 is 1.41 bits per heavy atom. The minimum atomic E-state index is -3.31. The molecule has 0 saturated heterocycles. The van der Waals surface area contributed by atoms with Gasteiger partial charge in [0, 0.05) is 25.3 Å². The summed E-state index contributed by atoms with van der Waals surface area (Å²) in [6.07, 6.45) is 1.13. The van der Waals surface area contributed by atoms with Gasteiger partial charge in [-0.15, -0.1) is 0 Å². The fraction of sp³-hybridized carbons (Fsp3) is 0.188. The third kappa shape index (κ3) is 3.46. The Morgan fingerprint density at radius 1 is 0.864 bits per heavy atom. The summed E-state index contributed by atoms with van der Waals surface area (Å²) in [5.41, 5.74) is 1.81. The van der Waals surface area contributed by atoms with Gasteiger partial charge in [-0.25, -0.2) is 8.42 Å². The average molecular weight is 318 g/mol.